The van der Waals surface area contributed by atoms with Crippen LogP contribution in [0.25, 0.3) is 0 Å². The third kappa shape index (κ3) is 4.24. The first-order valence-corrected chi connectivity index (χ1v) is 7.32. The quantitative estimate of drug-likeness (QED) is 0.589. The van der Waals surface area contributed by atoms with Gasteiger partial charge in [0.2, 0.25) is 0 Å². The first kappa shape index (κ1) is 15.5. The van der Waals surface area contributed by atoms with Crippen LogP contribution in [0.3, 0.4) is 0 Å². The summed E-state index contributed by atoms with van der Waals surface area (Å²) in [7, 11) is 3.04. The number of rotatable bonds is 7. The zero-order valence-electron chi connectivity index (χ0n) is 11.5. The van der Waals surface area contributed by atoms with Crippen LogP contribution in [-0.2, 0) is 0 Å². The van der Waals surface area contributed by atoms with Crippen LogP contribution in [0.5, 0.6) is 11.5 Å². The van der Waals surface area contributed by atoms with E-state index in [1.807, 2.05) is 6.26 Å². The summed E-state index contributed by atoms with van der Waals surface area (Å²) in [4.78, 5) is 12.1. The van der Waals surface area contributed by atoms with Crippen LogP contribution in [0.15, 0.2) is 12.1 Å². The topological polar surface area (TPSA) is 73.6 Å². The summed E-state index contributed by atoms with van der Waals surface area (Å²) < 4.78 is 10.3. The lowest BCUT2D eigenvalue weighted by Gasteiger charge is -2.12. The third-order valence-electron chi connectivity index (χ3n) is 2.63. The zero-order valence-corrected chi connectivity index (χ0v) is 12.3. The normalized spacial score (nSPS) is 10.1. The minimum atomic E-state index is -0.212. The first-order chi connectivity index (χ1) is 9.13. The maximum atomic E-state index is 12.1. The van der Waals surface area contributed by atoms with E-state index in [2.05, 4.69) is 5.32 Å². The van der Waals surface area contributed by atoms with Crippen molar-refractivity contribution in [3.8, 4) is 11.5 Å². The van der Waals surface area contributed by atoms with Crippen molar-refractivity contribution in [2.45, 2.75) is 6.42 Å². The fourth-order valence-electron chi connectivity index (χ4n) is 1.59. The predicted octanol–water partition coefficient (Wildman–Crippen LogP) is 1.77. The van der Waals surface area contributed by atoms with E-state index in [0.717, 1.165) is 12.2 Å². The molecule has 1 rings (SSSR count). The van der Waals surface area contributed by atoms with Crippen LogP contribution in [0.1, 0.15) is 16.8 Å². The number of amides is 1. The van der Waals surface area contributed by atoms with Crippen LogP contribution in [0, 0.1) is 0 Å². The van der Waals surface area contributed by atoms with Gasteiger partial charge in [-0.2, -0.15) is 11.8 Å². The molecule has 0 fully saturated rings. The molecule has 0 aliphatic heterocycles. The van der Waals surface area contributed by atoms with E-state index in [4.69, 9.17) is 15.2 Å². The number of hydrogen-bond donors (Lipinski definition) is 2. The Morgan fingerprint density at radius 2 is 2.11 bits per heavy atom. The molecule has 1 aromatic carbocycles. The number of nitrogens with two attached hydrogens (primary N) is 1. The summed E-state index contributed by atoms with van der Waals surface area (Å²) in [6.07, 6.45) is 2.96. The third-order valence-corrected chi connectivity index (χ3v) is 3.32. The van der Waals surface area contributed by atoms with Gasteiger partial charge in [0, 0.05) is 12.6 Å². The van der Waals surface area contributed by atoms with Crippen LogP contribution in [-0.4, -0.2) is 38.7 Å². The molecule has 0 bridgehead atoms. The molecule has 0 aromatic heterocycles. The minimum Gasteiger partial charge on any atom is -0.497 e. The van der Waals surface area contributed by atoms with Gasteiger partial charge in [0.1, 0.15) is 11.5 Å². The Bertz CT molecular complexity index is 438. The average molecular weight is 284 g/mol. The Morgan fingerprint density at radius 3 is 2.68 bits per heavy atom. The van der Waals surface area contributed by atoms with Gasteiger partial charge in [-0.15, -0.1) is 0 Å². The van der Waals surface area contributed by atoms with Crippen LogP contribution in [0.2, 0.25) is 0 Å². The van der Waals surface area contributed by atoms with Gasteiger partial charge in [-0.25, -0.2) is 0 Å². The SMILES string of the molecule is COc1cc(OC)c(N)c(C(=O)NCCCSC)c1. The van der Waals surface area contributed by atoms with Gasteiger partial charge in [-0.1, -0.05) is 0 Å². The van der Waals surface area contributed by atoms with Gasteiger partial charge in [-0.05, 0) is 24.5 Å². The molecule has 0 radical (unpaired) electrons. The smallest absolute Gasteiger partial charge is 0.253 e. The summed E-state index contributed by atoms with van der Waals surface area (Å²) in [5.41, 5.74) is 6.60. The van der Waals surface area contributed by atoms with Crippen molar-refractivity contribution in [3.63, 3.8) is 0 Å². The molecule has 106 valence electrons. The van der Waals surface area contributed by atoms with Gasteiger partial charge in [-0.3, -0.25) is 4.79 Å². The van der Waals surface area contributed by atoms with E-state index in [9.17, 15) is 4.79 Å². The fourth-order valence-corrected chi connectivity index (χ4v) is 2.02. The van der Waals surface area contributed by atoms with Crippen molar-refractivity contribution in [2.75, 3.05) is 38.5 Å². The molecule has 19 heavy (non-hydrogen) atoms. The van der Waals surface area contributed by atoms with Crippen LogP contribution in [0.4, 0.5) is 5.69 Å². The Balaban J connectivity index is 2.83. The molecule has 0 spiro atoms. The highest BCUT2D eigenvalue weighted by Crippen LogP contribution is 2.30. The van der Waals surface area contributed by atoms with Crippen molar-refractivity contribution in [2.24, 2.45) is 0 Å². The van der Waals surface area contributed by atoms with Crippen molar-refractivity contribution < 1.29 is 14.3 Å². The lowest BCUT2D eigenvalue weighted by atomic mass is 10.1. The zero-order chi connectivity index (χ0) is 14.3. The largest absolute Gasteiger partial charge is 0.497 e. The van der Waals surface area contributed by atoms with E-state index in [1.54, 1.807) is 23.9 Å². The standard InChI is InChI=1S/C13H20N2O3S/c1-17-9-7-10(12(14)11(8-9)18-2)13(16)15-5-4-6-19-3/h7-8H,4-6,14H2,1-3H3,(H,15,16). The van der Waals surface area contributed by atoms with E-state index < -0.39 is 0 Å². The molecule has 5 nitrogen and oxygen atoms in total. The van der Waals surface area contributed by atoms with Crippen molar-refractivity contribution in [3.05, 3.63) is 17.7 Å². The molecular formula is C13H20N2O3S. The number of hydrogen-bond acceptors (Lipinski definition) is 5. The number of anilines is 1. The summed E-state index contributed by atoms with van der Waals surface area (Å²) in [5.74, 6) is 1.78. The molecule has 1 aromatic rings. The summed E-state index contributed by atoms with van der Waals surface area (Å²) >= 11 is 1.75. The number of carbonyl (C=O) groups excluding carboxylic acids is 1. The van der Waals surface area contributed by atoms with E-state index in [-0.39, 0.29) is 5.91 Å². The second-order valence-electron chi connectivity index (χ2n) is 3.89. The molecule has 0 unspecified atom stereocenters. The Labute approximate surface area is 117 Å². The van der Waals surface area contributed by atoms with Crippen LogP contribution >= 0.6 is 11.8 Å². The number of nitrogen functional groups attached to an aromatic ring is 1. The van der Waals surface area contributed by atoms with Crippen molar-refractivity contribution >= 4 is 23.4 Å². The van der Waals surface area contributed by atoms with Crippen molar-refractivity contribution in [1.29, 1.82) is 0 Å². The number of nitrogens with one attached hydrogen (secondary N) is 1. The van der Waals surface area contributed by atoms with Gasteiger partial charge in [0.25, 0.3) is 5.91 Å². The highest BCUT2D eigenvalue weighted by Gasteiger charge is 2.15. The van der Waals surface area contributed by atoms with E-state index >= 15 is 0 Å². The van der Waals surface area contributed by atoms with Gasteiger partial charge in [0.15, 0.2) is 0 Å². The van der Waals surface area contributed by atoms with Crippen LogP contribution < -0.4 is 20.5 Å². The minimum absolute atomic E-state index is 0.212. The fraction of sp³-hybridized carbons (Fsp3) is 0.462. The summed E-state index contributed by atoms with van der Waals surface area (Å²) in [6, 6.07) is 3.27. The molecule has 6 heteroatoms. The highest BCUT2D eigenvalue weighted by atomic mass is 32.2. The number of thioether (sulfide) groups is 1. The predicted molar refractivity (Wildman–Crippen MR) is 79.3 cm³/mol. The second kappa shape index (κ2) is 7.78. The molecule has 0 heterocycles. The molecule has 0 atom stereocenters. The number of benzene rings is 1. The lowest BCUT2D eigenvalue weighted by Crippen LogP contribution is -2.25. The summed E-state index contributed by atoms with van der Waals surface area (Å²) in [5, 5.41) is 2.83. The molecule has 0 saturated heterocycles. The lowest BCUT2D eigenvalue weighted by molar-refractivity contribution is 0.0954. The first-order valence-electron chi connectivity index (χ1n) is 5.92. The van der Waals surface area contributed by atoms with E-state index in [0.29, 0.717) is 29.3 Å². The molecule has 3 N–H and O–H groups in total. The number of carbonyl (C=O) groups is 1. The Morgan fingerprint density at radius 1 is 1.37 bits per heavy atom. The monoisotopic (exact) mass is 284 g/mol. The maximum Gasteiger partial charge on any atom is 0.253 e. The summed E-state index contributed by atoms with van der Waals surface area (Å²) in [6.45, 7) is 0.624. The molecule has 1 amide bonds. The number of ether oxygens (including phenoxy) is 2. The van der Waals surface area contributed by atoms with Gasteiger partial charge >= 0.3 is 0 Å². The number of methoxy groups -OCH3 is 2. The van der Waals surface area contributed by atoms with Gasteiger partial charge < -0.3 is 20.5 Å². The molecular weight excluding hydrogens is 264 g/mol. The Kier molecular flexibility index (Phi) is 6.35. The molecule has 0 aliphatic rings. The highest BCUT2D eigenvalue weighted by molar-refractivity contribution is 7.98. The second-order valence-corrected chi connectivity index (χ2v) is 4.88. The van der Waals surface area contributed by atoms with Crippen molar-refractivity contribution in [1.82, 2.24) is 5.32 Å². The van der Waals surface area contributed by atoms with E-state index in [1.165, 1.54) is 14.2 Å². The molecule has 0 saturated carbocycles. The maximum absolute atomic E-state index is 12.1. The van der Waals surface area contributed by atoms with Gasteiger partial charge in [0.05, 0.1) is 25.5 Å². The Hall–Kier alpha value is -1.56. The average Bonchev–Trinajstić information content (AvgIpc) is 2.43. The molecule has 0 aliphatic carbocycles.